The molecule has 4 saturated carbocycles. The fraction of sp³-hybridized carbons (Fsp3) is 0.765. The molecule has 0 aliphatic heterocycles. The van der Waals surface area contributed by atoms with Crippen LogP contribution in [0.3, 0.4) is 0 Å². The van der Waals surface area contributed by atoms with E-state index in [2.05, 4.69) is 6.58 Å². The van der Waals surface area contributed by atoms with E-state index in [4.69, 9.17) is 9.47 Å². The van der Waals surface area contributed by atoms with Gasteiger partial charge in [-0.15, -0.1) is 0 Å². The zero-order chi connectivity index (χ0) is 15.0. The van der Waals surface area contributed by atoms with Crippen LogP contribution in [0.4, 0.5) is 0 Å². The predicted molar refractivity (Wildman–Crippen MR) is 77.3 cm³/mol. The summed E-state index contributed by atoms with van der Waals surface area (Å²) in [7, 11) is 0. The molecule has 0 N–H and O–H groups in total. The van der Waals surface area contributed by atoms with Crippen LogP contribution in [0.1, 0.15) is 45.4 Å². The molecule has 116 valence electrons. The highest BCUT2D eigenvalue weighted by Crippen LogP contribution is 2.60. The topological polar surface area (TPSA) is 52.6 Å². The van der Waals surface area contributed by atoms with Gasteiger partial charge in [-0.25, -0.2) is 4.79 Å². The standard InChI is InChI=1S/C17H24O4/c1-11(2)15(18)20-3-4-21-16(19)17-8-12-5-13(9-17)7-14(6-12)10-17/h12-14H,1,3-10H2,2H3. The Kier molecular flexibility index (Phi) is 3.80. The molecule has 0 radical (unpaired) electrons. The van der Waals surface area contributed by atoms with Gasteiger partial charge in [0, 0.05) is 5.57 Å². The summed E-state index contributed by atoms with van der Waals surface area (Å²) in [5.74, 6) is 1.69. The van der Waals surface area contributed by atoms with Crippen molar-refractivity contribution in [2.24, 2.45) is 23.2 Å². The van der Waals surface area contributed by atoms with Gasteiger partial charge < -0.3 is 9.47 Å². The van der Waals surface area contributed by atoms with Gasteiger partial charge in [0.05, 0.1) is 5.41 Å². The molecule has 4 rings (SSSR count). The summed E-state index contributed by atoms with van der Waals surface area (Å²) in [6, 6.07) is 0. The second-order valence-corrected chi connectivity index (χ2v) is 7.25. The number of rotatable bonds is 5. The molecule has 4 fully saturated rings. The molecule has 0 aromatic heterocycles. The number of carbonyl (C=O) groups excluding carboxylic acids is 2. The molecule has 0 spiro atoms. The monoisotopic (exact) mass is 292 g/mol. The SMILES string of the molecule is C=C(C)C(=O)OCCOC(=O)C12CC3CC(CC(C3)C1)C2. The van der Waals surface area contributed by atoms with Crippen LogP contribution >= 0.6 is 0 Å². The first kappa shape index (κ1) is 14.6. The molecular formula is C17H24O4. The third-order valence-corrected chi connectivity index (χ3v) is 5.37. The molecule has 0 aromatic rings. The Morgan fingerprint density at radius 2 is 1.48 bits per heavy atom. The Bertz CT molecular complexity index is 430. The highest BCUT2D eigenvalue weighted by atomic mass is 16.6. The Morgan fingerprint density at radius 1 is 1.00 bits per heavy atom. The smallest absolute Gasteiger partial charge is 0.333 e. The third-order valence-electron chi connectivity index (χ3n) is 5.37. The second kappa shape index (κ2) is 5.47. The van der Waals surface area contributed by atoms with E-state index in [-0.39, 0.29) is 24.6 Å². The van der Waals surface area contributed by atoms with Gasteiger partial charge in [0.1, 0.15) is 13.2 Å². The van der Waals surface area contributed by atoms with E-state index in [1.165, 1.54) is 19.3 Å². The normalized spacial score (nSPS) is 36.3. The van der Waals surface area contributed by atoms with Crippen LogP contribution in [0.5, 0.6) is 0 Å². The predicted octanol–water partition coefficient (Wildman–Crippen LogP) is 2.87. The Hall–Kier alpha value is -1.32. The fourth-order valence-electron chi connectivity index (χ4n) is 4.91. The van der Waals surface area contributed by atoms with Crippen LogP contribution < -0.4 is 0 Å². The summed E-state index contributed by atoms with van der Waals surface area (Å²) in [6.07, 6.45) is 6.93. The summed E-state index contributed by atoms with van der Waals surface area (Å²) in [5.41, 5.74) is 0.134. The minimum atomic E-state index is -0.430. The van der Waals surface area contributed by atoms with Crippen LogP contribution in [-0.4, -0.2) is 25.2 Å². The fourth-order valence-corrected chi connectivity index (χ4v) is 4.91. The van der Waals surface area contributed by atoms with E-state index in [1.54, 1.807) is 6.92 Å². The molecule has 4 aliphatic carbocycles. The lowest BCUT2D eigenvalue weighted by Gasteiger charge is -2.55. The van der Waals surface area contributed by atoms with E-state index in [0.717, 1.165) is 37.0 Å². The number of carbonyl (C=O) groups is 2. The molecule has 4 bridgehead atoms. The Labute approximate surface area is 125 Å². The summed E-state index contributed by atoms with van der Waals surface area (Å²) in [6.45, 7) is 5.38. The number of hydrogen-bond acceptors (Lipinski definition) is 4. The molecule has 4 aliphatic rings. The van der Waals surface area contributed by atoms with Gasteiger partial charge in [-0.05, 0) is 63.2 Å². The first-order chi connectivity index (χ1) is 9.98. The molecule has 0 amide bonds. The maximum absolute atomic E-state index is 12.5. The van der Waals surface area contributed by atoms with Gasteiger partial charge in [0.25, 0.3) is 0 Å². The largest absolute Gasteiger partial charge is 0.462 e. The van der Waals surface area contributed by atoms with E-state index in [0.29, 0.717) is 5.57 Å². The minimum Gasteiger partial charge on any atom is -0.462 e. The van der Waals surface area contributed by atoms with Crippen molar-refractivity contribution >= 4 is 11.9 Å². The van der Waals surface area contributed by atoms with Gasteiger partial charge in [-0.2, -0.15) is 0 Å². The van der Waals surface area contributed by atoms with Gasteiger partial charge in [-0.1, -0.05) is 6.58 Å². The van der Waals surface area contributed by atoms with Crippen molar-refractivity contribution < 1.29 is 19.1 Å². The third kappa shape index (κ3) is 2.85. The average Bonchev–Trinajstić information content (AvgIpc) is 2.41. The van der Waals surface area contributed by atoms with E-state index in [1.807, 2.05) is 0 Å². The summed E-state index contributed by atoms with van der Waals surface area (Å²) in [4.78, 5) is 23.7. The Morgan fingerprint density at radius 3 is 1.95 bits per heavy atom. The lowest BCUT2D eigenvalue weighted by Crippen LogP contribution is -2.50. The van der Waals surface area contributed by atoms with Crippen LogP contribution in [0.25, 0.3) is 0 Å². The first-order valence-corrected chi connectivity index (χ1v) is 7.98. The van der Waals surface area contributed by atoms with Gasteiger partial charge in [-0.3, -0.25) is 4.79 Å². The van der Waals surface area contributed by atoms with Crippen LogP contribution in [0, 0.1) is 23.2 Å². The van der Waals surface area contributed by atoms with Crippen molar-refractivity contribution in [1.82, 2.24) is 0 Å². The molecule has 0 saturated heterocycles. The van der Waals surface area contributed by atoms with Gasteiger partial charge >= 0.3 is 11.9 Å². The Balaban J connectivity index is 1.49. The van der Waals surface area contributed by atoms with Crippen molar-refractivity contribution in [3.8, 4) is 0 Å². The number of esters is 2. The minimum absolute atomic E-state index is 0.0621. The highest BCUT2D eigenvalue weighted by molar-refractivity contribution is 5.86. The number of ether oxygens (including phenoxy) is 2. The zero-order valence-electron chi connectivity index (χ0n) is 12.7. The molecule has 0 aromatic carbocycles. The quantitative estimate of drug-likeness (QED) is 0.444. The van der Waals surface area contributed by atoms with Crippen molar-refractivity contribution in [3.63, 3.8) is 0 Å². The van der Waals surface area contributed by atoms with Gasteiger partial charge in [0.2, 0.25) is 0 Å². The van der Waals surface area contributed by atoms with Crippen molar-refractivity contribution in [3.05, 3.63) is 12.2 Å². The lowest BCUT2D eigenvalue weighted by atomic mass is 9.49. The molecule has 0 unspecified atom stereocenters. The molecule has 4 heteroatoms. The molecule has 21 heavy (non-hydrogen) atoms. The number of hydrogen-bond donors (Lipinski definition) is 0. The maximum Gasteiger partial charge on any atom is 0.333 e. The first-order valence-electron chi connectivity index (χ1n) is 7.98. The van der Waals surface area contributed by atoms with Crippen molar-refractivity contribution in [2.45, 2.75) is 45.4 Å². The summed E-state index contributed by atoms with van der Waals surface area (Å²) in [5, 5.41) is 0. The van der Waals surface area contributed by atoms with Gasteiger partial charge in [0.15, 0.2) is 0 Å². The van der Waals surface area contributed by atoms with Crippen LogP contribution in [0.15, 0.2) is 12.2 Å². The van der Waals surface area contributed by atoms with Crippen molar-refractivity contribution in [2.75, 3.05) is 13.2 Å². The maximum atomic E-state index is 12.5. The molecule has 0 heterocycles. The summed E-state index contributed by atoms with van der Waals surface area (Å²) >= 11 is 0. The lowest BCUT2D eigenvalue weighted by molar-refractivity contribution is -0.173. The van der Waals surface area contributed by atoms with E-state index >= 15 is 0 Å². The molecule has 4 nitrogen and oxygen atoms in total. The van der Waals surface area contributed by atoms with Crippen molar-refractivity contribution in [1.29, 1.82) is 0 Å². The second-order valence-electron chi connectivity index (χ2n) is 7.25. The summed E-state index contributed by atoms with van der Waals surface area (Å²) < 4.78 is 10.4. The van der Waals surface area contributed by atoms with E-state index in [9.17, 15) is 9.59 Å². The molecular weight excluding hydrogens is 268 g/mol. The highest BCUT2D eigenvalue weighted by Gasteiger charge is 2.55. The van der Waals surface area contributed by atoms with Crippen LogP contribution in [-0.2, 0) is 19.1 Å². The zero-order valence-corrected chi connectivity index (χ0v) is 12.7. The average molecular weight is 292 g/mol. The van der Waals surface area contributed by atoms with Crippen LogP contribution in [0.2, 0.25) is 0 Å². The molecule has 0 atom stereocenters. The van der Waals surface area contributed by atoms with E-state index < -0.39 is 5.97 Å².